The number of hydrogen-bond acceptors (Lipinski definition) is 5. The van der Waals surface area contributed by atoms with Crippen LogP contribution in [0.15, 0.2) is 29.2 Å². The number of carbonyl (C=O) groups excluding carboxylic acids is 1. The highest BCUT2D eigenvalue weighted by Gasteiger charge is 2.25. The fourth-order valence-electron chi connectivity index (χ4n) is 2.49. The first kappa shape index (κ1) is 17.2. The van der Waals surface area contributed by atoms with Gasteiger partial charge in [-0.3, -0.25) is 9.52 Å². The SMILES string of the molecule is Cc1nc(NS(=O)(=O)c2ccc(Cl)cc2)sc1C(=O)N1CCCC1. The molecule has 1 saturated heterocycles. The zero-order valence-electron chi connectivity index (χ0n) is 13.0. The van der Waals surface area contributed by atoms with Crippen LogP contribution in [0.3, 0.4) is 0 Å². The summed E-state index contributed by atoms with van der Waals surface area (Å²) < 4.78 is 27.2. The molecule has 1 amide bonds. The van der Waals surface area contributed by atoms with E-state index in [0.717, 1.165) is 37.3 Å². The molecule has 0 radical (unpaired) electrons. The van der Waals surface area contributed by atoms with Crippen molar-refractivity contribution in [1.82, 2.24) is 9.88 Å². The summed E-state index contributed by atoms with van der Waals surface area (Å²) >= 11 is 6.84. The van der Waals surface area contributed by atoms with Gasteiger partial charge in [-0.05, 0) is 44.0 Å². The lowest BCUT2D eigenvalue weighted by molar-refractivity contribution is 0.0796. The summed E-state index contributed by atoms with van der Waals surface area (Å²) in [4.78, 5) is 19.0. The van der Waals surface area contributed by atoms with Gasteiger partial charge in [-0.25, -0.2) is 13.4 Å². The number of carbonyl (C=O) groups is 1. The maximum atomic E-state index is 12.5. The zero-order valence-corrected chi connectivity index (χ0v) is 15.3. The Labute approximate surface area is 149 Å². The van der Waals surface area contributed by atoms with E-state index in [1.165, 1.54) is 24.3 Å². The van der Waals surface area contributed by atoms with E-state index in [4.69, 9.17) is 11.6 Å². The summed E-state index contributed by atoms with van der Waals surface area (Å²) in [5.41, 5.74) is 0.533. The number of aromatic nitrogens is 1. The van der Waals surface area contributed by atoms with Crippen LogP contribution in [0.25, 0.3) is 0 Å². The highest BCUT2D eigenvalue weighted by atomic mass is 35.5. The molecule has 0 bridgehead atoms. The van der Waals surface area contributed by atoms with Gasteiger partial charge in [0.2, 0.25) is 0 Å². The van der Waals surface area contributed by atoms with Crippen molar-refractivity contribution in [2.45, 2.75) is 24.7 Å². The molecule has 9 heteroatoms. The van der Waals surface area contributed by atoms with Crippen molar-refractivity contribution >= 4 is 44.0 Å². The second kappa shape index (κ2) is 6.70. The number of aryl methyl sites for hydroxylation is 1. The molecule has 0 saturated carbocycles. The van der Waals surface area contributed by atoms with E-state index < -0.39 is 10.0 Å². The van der Waals surface area contributed by atoms with Crippen molar-refractivity contribution in [3.8, 4) is 0 Å². The summed E-state index contributed by atoms with van der Waals surface area (Å²) in [6, 6.07) is 5.85. The van der Waals surface area contributed by atoms with Gasteiger partial charge in [0.05, 0.1) is 10.6 Å². The average Bonchev–Trinajstić information content (AvgIpc) is 3.16. The minimum absolute atomic E-state index is 0.0839. The molecule has 3 rings (SSSR count). The first-order valence-electron chi connectivity index (χ1n) is 7.42. The molecule has 1 aromatic heterocycles. The molecule has 0 aliphatic carbocycles. The van der Waals surface area contributed by atoms with Gasteiger partial charge < -0.3 is 4.90 Å². The molecular formula is C15H16ClN3O3S2. The predicted molar refractivity (Wildman–Crippen MR) is 94.2 cm³/mol. The molecule has 1 N–H and O–H groups in total. The Bertz CT molecular complexity index is 857. The molecular weight excluding hydrogens is 370 g/mol. The third-order valence-electron chi connectivity index (χ3n) is 3.73. The van der Waals surface area contributed by atoms with Crippen LogP contribution in [0.4, 0.5) is 5.13 Å². The van der Waals surface area contributed by atoms with Crippen LogP contribution < -0.4 is 4.72 Å². The Balaban J connectivity index is 1.82. The molecule has 128 valence electrons. The highest BCUT2D eigenvalue weighted by Crippen LogP contribution is 2.27. The molecule has 1 fully saturated rings. The van der Waals surface area contributed by atoms with E-state index in [9.17, 15) is 13.2 Å². The van der Waals surface area contributed by atoms with E-state index in [1.54, 1.807) is 11.8 Å². The van der Waals surface area contributed by atoms with Crippen LogP contribution in [-0.2, 0) is 10.0 Å². The second-order valence-corrected chi connectivity index (χ2v) is 8.61. The van der Waals surface area contributed by atoms with Crippen molar-refractivity contribution in [1.29, 1.82) is 0 Å². The van der Waals surface area contributed by atoms with E-state index in [1.807, 2.05) is 0 Å². The lowest BCUT2D eigenvalue weighted by Gasteiger charge is -2.13. The number of hydrogen-bond donors (Lipinski definition) is 1. The van der Waals surface area contributed by atoms with E-state index in [-0.39, 0.29) is 15.9 Å². The lowest BCUT2D eigenvalue weighted by Crippen LogP contribution is -2.27. The minimum Gasteiger partial charge on any atom is -0.338 e. The number of rotatable bonds is 4. The van der Waals surface area contributed by atoms with Crippen molar-refractivity contribution in [2.75, 3.05) is 17.8 Å². The van der Waals surface area contributed by atoms with Gasteiger partial charge in [-0.15, -0.1) is 0 Å². The van der Waals surface area contributed by atoms with Crippen LogP contribution in [0.2, 0.25) is 5.02 Å². The molecule has 0 unspecified atom stereocenters. The van der Waals surface area contributed by atoms with Gasteiger partial charge in [0.15, 0.2) is 5.13 Å². The number of halogens is 1. The molecule has 1 aliphatic rings. The van der Waals surface area contributed by atoms with Crippen molar-refractivity contribution < 1.29 is 13.2 Å². The number of likely N-dealkylation sites (tertiary alicyclic amines) is 1. The van der Waals surface area contributed by atoms with E-state index in [2.05, 4.69) is 9.71 Å². The number of nitrogens with zero attached hydrogens (tertiary/aromatic N) is 2. The summed E-state index contributed by atoms with van der Waals surface area (Å²) in [6.07, 6.45) is 2.00. The smallest absolute Gasteiger partial charge is 0.265 e. The molecule has 24 heavy (non-hydrogen) atoms. The van der Waals surface area contributed by atoms with Crippen molar-refractivity contribution in [3.05, 3.63) is 39.9 Å². The molecule has 0 atom stereocenters. The third kappa shape index (κ3) is 3.55. The Morgan fingerprint density at radius 3 is 2.50 bits per heavy atom. The largest absolute Gasteiger partial charge is 0.338 e. The van der Waals surface area contributed by atoms with Crippen molar-refractivity contribution in [2.24, 2.45) is 0 Å². The molecule has 2 aromatic rings. The topological polar surface area (TPSA) is 79.4 Å². The lowest BCUT2D eigenvalue weighted by atomic mass is 10.3. The quantitative estimate of drug-likeness (QED) is 0.876. The molecule has 2 heterocycles. The number of thiazole rings is 1. The normalized spacial score (nSPS) is 14.8. The first-order chi connectivity index (χ1) is 11.4. The maximum Gasteiger partial charge on any atom is 0.265 e. The predicted octanol–water partition coefficient (Wildman–Crippen LogP) is 3.14. The summed E-state index contributed by atoms with van der Waals surface area (Å²) in [7, 11) is -3.76. The van der Waals surface area contributed by atoms with Crippen LogP contribution in [0.5, 0.6) is 0 Å². The number of amides is 1. The molecule has 1 aliphatic heterocycles. The van der Waals surface area contributed by atoms with Gasteiger partial charge in [-0.2, -0.15) is 0 Å². The summed E-state index contributed by atoms with van der Waals surface area (Å²) in [6.45, 7) is 3.18. The summed E-state index contributed by atoms with van der Waals surface area (Å²) in [5.74, 6) is -0.0839. The number of sulfonamides is 1. The molecule has 0 spiro atoms. The third-order valence-corrected chi connectivity index (χ3v) is 6.53. The fraction of sp³-hybridized carbons (Fsp3) is 0.333. The Hall–Kier alpha value is -1.64. The van der Waals surface area contributed by atoms with Crippen LogP contribution in [0.1, 0.15) is 28.2 Å². The molecule has 6 nitrogen and oxygen atoms in total. The second-order valence-electron chi connectivity index (χ2n) is 5.49. The highest BCUT2D eigenvalue weighted by molar-refractivity contribution is 7.93. The number of benzene rings is 1. The van der Waals surface area contributed by atoms with E-state index in [0.29, 0.717) is 15.6 Å². The van der Waals surface area contributed by atoms with Crippen molar-refractivity contribution in [3.63, 3.8) is 0 Å². The van der Waals surface area contributed by atoms with Gasteiger partial charge in [-0.1, -0.05) is 22.9 Å². The minimum atomic E-state index is -3.76. The number of nitrogens with one attached hydrogen (secondary N) is 1. The monoisotopic (exact) mass is 385 g/mol. The van der Waals surface area contributed by atoms with Gasteiger partial charge in [0, 0.05) is 18.1 Å². The fourth-order valence-corrected chi connectivity index (χ4v) is 4.79. The van der Waals surface area contributed by atoms with Crippen LogP contribution in [-0.4, -0.2) is 37.3 Å². The Kier molecular flexibility index (Phi) is 4.80. The van der Waals surface area contributed by atoms with Gasteiger partial charge >= 0.3 is 0 Å². The Morgan fingerprint density at radius 1 is 1.25 bits per heavy atom. The van der Waals surface area contributed by atoms with E-state index >= 15 is 0 Å². The average molecular weight is 386 g/mol. The van der Waals surface area contributed by atoms with Gasteiger partial charge in [0.25, 0.3) is 15.9 Å². The van der Waals surface area contributed by atoms with Crippen LogP contribution in [0, 0.1) is 6.92 Å². The van der Waals surface area contributed by atoms with Gasteiger partial charge in [0.1, 0.15) is 4.88 Å². The molecule has 1 aromatic carbocycles. The maximum absolute atomic E-state index is 12.5. The summed E-state index contributed by atoms with van der Waals surface area (Å²) in [5, 5.41) is 0.641. The number of anilines is 1. The zero-order chi connectivity index (χ0) is 17.3. The Morgan fingerprint density at radius 2 is 1.88 bits per heavy atom. The standard InChI is InChI=1S/C15H16ClN3O3S2/c1-10-13(14(20)19-8-2-3-9-19)23-15(17-10)18-24(21,22)12-6-4-11(16)5-7-12/h4-7H,2-3,8-9H2,1H3,(H,17,18). The van der Waals surface area contributed by atoms with Crippen LogP contribution >= 0.6 is 22.9 Å². The first-order valence-corrected chi connectivity index (χ1v) is 10.1.